The second kappa shape index (κ2) is 6.54. The first kappa shape index (κ1) is 14.6. The molecule has 1 amide bonds. The average molecular weight is 279 g/mol. The first-order valence-corrected chi connectivity index (χ1v) is 7.05. The van der Waals surface area contributed by atoms with E-state index >= 15 is 0 Å². The minimum absolute atomic E-state index is 0.237. The molecule has 2 heterocycles. The van der Waals surface area contributed by atoms with Gasteiger partial charge in [0.1, 0.15) is 5.82 Å². The molecule has 110 valence electrons. The van der Waals surface area contributed by atoms with Gasteiger partial charge in [-0.05, 0) is 32.6 Å². The monoisotopic (exact) mass is 279 g/mol. The van der Waals surface area contributed by atoms with E-state index in [1.807, 2.05) is 13.1 Å². The van der Waals surface area contributed by atoms with E-state index in [-0.39, 0.29) is 6.61 Å². The molecule has 1 aliphatic rings. The zero-order chi connectivity index (χ0) is 14.5. The Bertz CT molecular complexity index is 476. The fourth-order valence-corrected chi connectivity index (χ4v) is 2.52. The summed E-state index contributed by atoms with van der Waals surface area (Å²) in [6.07, 6.45) is 5.59. The molecule has 1 aliphatic heterocycles. The number of carbonyl (C=O) groups excluding carboxylic acids is 2. The fraction of sp³-hybridized carbons (Fsp3) is 0.643. The number of nitrogens with zero attached hydrogens (tertiary/aromatic N) is 3. The lowest BCUT2D eigenvalue weighted by atomic mass is 9.96. The summed E-state index contributed by atoms with van der Waals surface area (Å²) in [5.74, 6) is 0.282. The minimum atomic E-state index is -0.739. The second-order valence-electron chi connectivity index (χ2n) is 5.08. The maximum Gasteiger partial charge on any atom is 0.397 e. The van der Waals surface area contributed by atoms with Crippen LogP contribution in [0.3, 0.4) is 0 Å². The summed E-state index contributed by atoms with van der Waals surface area (Å²) in [4.78, 5) is 29.0. The third kappa shape index (κ3) is 3.37. The van der Waals surface area contributed by atoms with Crippen LogP contribution in [0.15, 0.2) is 12.4 Å². The van der Waals surface area contributed by atoms with Gasteiger partial charge in [-0.15, -0.1) is 0 Å². The first-order chi connectivity index (χ1) is 9.61. The number of imidazole rings is 1. The molecule has 0 saturated carbocycles. The van der Waals surface area contributed by atoms with Crippen LogP contribution in [-0.2, 0) is 20.9 Å². The molecular weight excluding hydrogens is 258 g/mol. The van der Waals surface area contributed by atoms with E-state index in [4.69, 9.17) is 4.74 Å². The van der Waals surface area contributed by atoms with Crippen LogP contribution >= 0.6 is 0 Å². The molecule has 1 aromatic heterocycles. The number of likely N-dealkylation sites (tertiary alicyclic amines) is 1. The number of aromatic nitrogens is 2. The molecule has 0 N–H and O–H groups in total. The van der Waals surface area contributed by atoms with Gasteiger partial charge in [0.05, 0.1) is 6.61 Å². The summed E-state index contributed by atoms with van der Waals surface area (Å²) < 4.78 is 6.87. The molecule has 6 heteroatoms. The Balaban J connectivity index is 1.82. The zero-order valence-electron chi connectivity index (χ0n) is 12.0. The van der Waals surface area contributed by atoms with Crippen LogP contribution < -0.4 is 0 Å². The summed E-state index contributed by atoms with van der Waals surface area (Å²) in [5.41, 5.74) is 0. The maximum absolute atomic E-state index is 11.8. The van der Waals surface area contributed by atoms with Gasteiger partial charge >= 0.3 is 11.9 Å². The van der Waals surface area contributed by atoms with E-state index in [1.54, 1.807) is 18.0 Å². The number of esters is 1. The van der Waals surface area contributed by atoms with Crippen molar-refractivity contribution in [3.05, 3.63) is 18.2 Å². The predicted octanol–water partition coefficient (Wildman–Crippen LogP) is 0.993. The molecule has 0 radical (unpaired) electrons. The lowest BCUT2D eigenvalue weighted by Crippen LogP contribution is -2.43. The van der Waals surface area contributed by atoms with Gasteiger partial charge in [-0.3, -0.25) is 4.79 Å². The Morgan fingerprint density at radius 2 is 2.10 bits per heavy atom. The molecule has 0 aliphatic carbocycles. The van der Waals surface area contributed by atoms with Crippen LogP contribution in [0.1, 0.15) is 25.6 Å². The minimum Gasteiger partial charge on any atom is -0.459 e. The SMILES string of the molecule is CCOC(=O)C(=O)N1CCC(Cn2ccnc2C)CC1. The Labute approximate surface area is 118 Å². The van der Waals surface area contributed by atoms with Crippen LogP contribution in [-0.4, -0.2) is 46.0 Å². The van der Waals surface area contributed by atoms with Crippen LogP contribution in [0.4, 0.5) is 0 Å². The third-order valence-electron chi connectivity index (χ3n) is 3.73. The van der Waals surface area contributed by atoms with Crippen LogP contribution in [0.25, 0.3) is 0 Å². The number of piperidine rings is 1. The van der Waals surface area contributed by atoms with Gasteiger partial charge in [-0.2, -0.15) is 0 Å². The van der Waals surface area contributed by atoms with Crippen molar-refractivity contribution in [3.63, 3.8) is 0 Å². The second-order valence-corrected chi connectivity index (χ2v) is 5.08. The number of hydrogen-bond acceptors (Lipinski definition) is 4. The summed E-state index contributed by atoms with van der Waals surface area (Å²) in [7, 11) is 0. The number of aryl methyl sites for hydroxylation is 1. The molecule has 0 atom stereocenters. The lowest BCUT2D eigenvalue weighted by molar-refractivity contribution is -0.160. The predicted molar refractivity (Wildman–Crippen MR) is 72.9 cm³/mol. The zero-order valence-corrected chi connectivity index (χ0v) is 12.0. The maximum atomic E-state index is 11.8. The molecule has 1 saturated heterocycles. The molecule has 0 unspecified atom stereocenters. The summed E-state index contributed by atoms with van der Waals surface area (Å²) in [5, 5.41) is 0. The van der Waals surface area contributed by atoms with Crippen LogP contribution in [0.2, 0.25) is 0 Å². The van der Waals surface area contributed by atoms with Gasteiger partial charge in [-0.1, -0.05) is 0 Å². The van der Waals surface area contributed by atoms with E-state index in [9.17, 15) is 9.59 Å². The van der Waals surface area contributed by atoms with Crippen molar-refractivity contribution in [1.29, 1.82) is 0 Å². The lowest BCUT2D eigenvalue weighted by Gasteiger charge is -2.31. The first-order valence-electron chi connectivity index (χ1n) is 7.05. The Hall–Kier alpha value is -1.85. The number of carbonyl (C=O) groups is 2. The van der Waals surface area contributed by atoms with E-state index in [2.05, 4.69) is 9.55 Å². The smallest absolute Gasteiger partial charge is 0.397 e. The molecule has 0 bridgehead atoms. The molecule has 2 rings (SSSR count). The van der Waals surface area contributed by atoms with Crippen molar-refractivity contribution in [3.8, 4) is 0 Å². The van der Waals surface area contributed by atoms with E-state index in [0.29, 0.717) is 19.0 Å². The molecule has 1 fully saturated rings. The molecule has 20 heavy (non-hydrogen) atoms. The largest absolute Gasteiger partial charge is 0.459 e. The normalized spacial score (nSPS) is 16.2. The van der Waals surface area contributed by atoms with E-state index in [0.717, 1.165) is 25.2 Å². The fourth-order valence-electron chi connectivity index (χ4n) is 2.52. The summed E-state index contributed by atoms with van der Waals surface area (Å²) >= 11 is 0. The highest BCUT2D eigenvalue weighted by Gasteiger charge is 2.28. The number of amides is 1. The molecule has 0 aromatic carbocycles. The quantitative estimate of drug-likeness (QED) is 0.611. The van der Waals surface area contributed by atoms with Crippen molar-refractivity contribution >= 4 is 11.9 Å². The number of rotatable bonds is 3. The van der Waals surface area contributed by atoms with E-state index < -0.39 is 11.9 Å². The Kier molecular flexibility index (Phi) is 4.76. The molecule has 6 nitrogen and oxygen atoms in total. The van der Waals surface area contributed by atoms with Crippen LogP contribution in [0.5, 0.6) is 0 Å². The number of ether oxygens (including phenoxy) is 1. The average Bonchev–Trinajstić information content (AvgIpc) is 2.85. The van der Waals surface area contributed by atoms with E-state index in [1.165, 1.54) is 0 Å². The van der Waals surface area contributed by atoms with Crippen molar-refractivity contribution in [2.45, 2.75) is 33.2 Å². The van der Waals surface area contributed by atoms with Gasteiger partial charge in [0.15, 0.2) is 0 Å². The highest BCUT2D eigenvalue weighted by molar-refractivity contribution is 6.32. The Morgan fingerprint density at radius 1 is 1.40 bits per heavy atom. The van der Waals surface area contributed by atoms with Crippen molar-refractivity contribution in [2.75, 3.05) is 19.7 Å². The van der Waals surface area contributed by atoms with Crippen molar-refractivity contribution in [1.82, 2.24) is 14.5 Å². The molecule has 0 spiro atoms. The van der Waals surface area contributed by atoms with Crippen molar-refractivity contribution < 1.29 is 14.3 Å². The van der Waals surface area contributed by atoms with Gasteiger partial charge < -0.3 is 14.2 Å². The van der Waals surface area contributed by atoms with Crippen LogP contribution in [0, 0.1) is 12.8 Å². The highest BCUT2D eigenvalue weighted by Crippen LogP contribution is 2.19. The molecular formula is C14H21N3O3. The summed E-state index contributed by atoms with van der Waals surface area (Å²) in [6.45, 7) is 6.09. The summed E-state index contributed by atoms with van der Waals surface area (Å²) in [6, 6.07) is 0. The van der Waals surface area contributed by atoms with Gasteiger partial charge in [0.2, 0.25) is 0 Å². The standard InChI is InChI=1S/C14H21N3O3/c1-3-20-14(19)13(18)16-7-4-12(5-8-16)10-17-9-6-15-11(17)2/h6,9,12H,3-5,7-8,10H2,1-2H3. The Morgan fingerprint density at radius 3 is 2.65 bits per heavy atom. The van der Waals surface area contributed by atoms with Gasteiger partial charge in [-0.25, -0.2) is 9.78 Å². The van der Waals surface area contributed by atoms with Crippen molar-refractivity contribution in [2.24, 2.45) is 5.92 Å². The number of hydrogen-bond donors (Lipinski definition) is 0. The highest BCUT2D eigenvalue weighted by atomic mass is 16.5. The third-order valence-corrected chi connectivity index (χ3v) is 3.73. The topological polar surface area (TPSA) is 64.4 Å². The molecule has 1 aromatic rings. The van der Waals surface area contributed by atoms with Gasteiger partial charge in [0, 0.05) is 32.0 Å². The van der Waals surface area contributed by atoms with Gasteiger partial charge in [0.25, 0.3) is 0 Å².